The summed E-state index contributed by atoms with van der Waals surface area (Å²) in [4.78, 5) is 0. The van der Waals surface area contributed by atoms with Crippen molar-refractivity contribution in [2.75, 3.05) is 5.32 Å². The Kier molecular flexibility index (Phi) is 3.37. The van der Waals surface area contributed by atoms with Crippen molar-refractivity contribution in [2.45, 2.75) is 0 Å². The third-order valence-corrected chi connectivity index (χ3v) is 4.59. The number of hydrogen-bond acceptors (Lipinski definition) is 1. The summed E-state index contributed by atoms with van der Waals surface area (Å²) in [6.07, 6.45) is 0. The molecule has 0 radical (unpaired) electrons. The minimum Gasteiger partial charge on any atom is -0.349 e. The molecule has 0 unspecified atom stereocenters. The number of para-hydroxylation sites is 3. The number of fused-ring (bicyclic) bond motifs is 3. The lowest BCUT2D eigenvalue weighted by Gasteiger charge is -2.06. The highest BCUT2D eigenvalue weighted by Crippen LogP contribution is 2.32. The summed E-state index contributed by atoms with van der Waals surface area (Å²) in [6, 6.07) is 37.8. The smallest absolute Gasteiger partial charge is 0.106 e. The molecule has 5 rings (SSSR count). The summed E-state index contributed by atoms with van der Waals surface area (Å²) in [5, 5.41) is 5.80. The van der Waals surface area contributed by atoms with Gasteiger partial charge in [-0.25, -0.2) is 0 Å². The lowest BCUT2D eigenvalue weighted by molar-refractivity contribution is 1.18. The number of anilines is 2. The van der Waals surface area contributed by atoms with Crippen molar-refractivity contribution in [3.8, 4) is 5.69 Å². The summed E-state index contributed by atoms with van der Waals surface area (Å²) < 4.78 is 2.24. The van der Waals surface area contributed by atoms with Crippen LogP contribution < -0.4 is 5.32 Å². The standard InChI is InChI=1S/C24H16N2/c1-3-9-18(10-4-1)25-19-15-16-24-22(17-19)21-13-7-8-14-23(21)26(24)20-11-5-2-6-12-20/h1-14,17,25H. The summed E-state index contributed by atoms with van der Waals surface area (Å²) in [5.74, 6) is 0. The van der Waals surface area contributed by atoms with E-state index in [1.54, 1.807) is 0 Å². The number of hydrogen-bond donors (Lipinski definition) is 1. The minimum absolute atomic E-state index is 0.916. The van der Waals surface area contributed by atoms with Gasteiger partial charge in [-0.1, -0.05) is 54.6 Å². The van der Waals surface area contributed by atoms with Crippen LogP contribution in [0.4, 0.5) is 11.4 Å². The van der Waals surface area contributed by atoms with Crippen molar-refractivity contribution in [2.24, 2.45) is 0 Å². The van der Waals surface area contributed by atoms with Gasteiger partial charge in [-0.15, -0.1) is 0 Å². The van der Waals surface area contributed by atoms with Crippen LogP contribution in [0.5, 0.6) is 0 Å². The number of benzene rings is 3. The molecular weight excluding hydrogens is 316 g/mol. The van der Waals surface area contributed by atoms with E-state index in [9.17, 15) is 0 Å². The normalized spacial score (nSPS) is 10.8. The molecule has 0 fully saturated rings. The molecule has 26 heavy (non-hydrogen) atoms. The molecule has 1 N–H and O–H groups in total. The van der Waals surface area contributed by atoms with Crippen molar-refractivity contribution in [3.63, 3.8) is 0 Å². The Balaban J connectivity index is 1.73. The van der Waals surface area contributed by atoms with E-state index >= 15 is 0 Å². The van der Waals surface area contributed by atoms with Crippen molar-refractivity contribution in [1.29, 1.82) is 0 Å². The molecule has 122 valence electrons. The molecule has 2 nitrogen and oxygen atoms in total. The third-order valence-electron chi connectivity index (χ3n) is 4.59. The maximum absolute atomic E-state index is 3.41. The van der Waals surface area contributed by atoms with E-state index in [1.807, 2.05) is 36.4 Å². The van der Waals surface area contributed by atoms with Gasteiger partial charge in [-0.3, -0.25) is 0 Å². The van der Waals surface area contributed by atoms with Gasteiger partial charge in [0.15, 0.2) is 0 Å². The molecule has 5 aromatic rings. The van der Waals surface area contributed by atoms with Crippen LogP contribution in [-0.4, -0.2) is 4.57 Å². The Morgan fingerprint density at radius 2 is 1.35 bits per heavy atom. The first-order valence-corrected chi connectivity index (χ1v) is 8.65. The second-order valence-electron chi connectivity index (χ2n) is 6.25. The Hall–Kier alpha value is -3.70. The quantitative estimate of drug-likeness (QED) is 0.421. The summed E-state index contributed by atoms with van der Waals surface area (Å²) in [7, 11) is 0. The average molecular weight is 332 g/mol. The highest BCUT2D eigenvalue weighted by atomic mass is 15.0. The van der Waals surface area contributed by atoms with Crippen LogP contribution in [0.2, 0.25) is 0 Å². The molecule has 1 heterocycles. The summed E-state index contributed by atoms with van der Waals surface area (Å²) in [5.41, 5.74) is 5.31. The van der Waals surface area contributed by atoms with Gasteiger partial charge in [-0.2, -0.15) is 0 Å². The third kappa shape index (κ3) is 2.39. The van der Waals surface area contributed by atoms with Gasteiger partial charge in [0.25, 0.3) is 0 Å². The fourth-order valence-electron chi connectivity index (χ4n) is 3.43. The topological polar surface area (TPSA) is 17.0 Å². The van der Waals surface area contributed by atoms with Crippen LogP contribution in [0.15, 0.2) is 91.0 Å². The summed E-state index contributed by atoms with van der Waals surface area (Å²) in [6.45, 7) is 0. The van der Waals surface area contributed by atoms with E-state index in [0.29, 0.717) is 0 Å². The monoisotopic (exact) mass is 332 g/mol. The van der Waals surface area contributed by atoms with Gasteiger partial charge in [0.2, 0.25) is 0 Å². The predicted molar refractivity (Wildman–Crippen MR) is 108 cm³/mol. The average Bonchev–Trinajstić information content (AvgIpc) is 3.03. The Morgan fingerprint density at radius 1 is 0.654 bits per heavy atom. The largest absolute Gasteiger partial charge is 0.349 e. The molecule has 0 aliphatic carbocycles. The van der Waals surface area contributed by atoms with Gasteiger partial charge >= 0.3 is 0 Å². The molecule has 0 saturated heterocycles. The lowest BCUT2D eigenvalue weighted by Crippen LogP contribution is -1.92. The molecule has 0 saturated carbocycles. The van der Waals surface area contributed by atoms with E-state index in [2.05, 4.69) is 76.6 Å². The van der Waals surface area contributed by atoms with Crippen LogP contribution in [-0.2, 0) is 0 Å². The predicted octanol–water partition coefficient (Wildman–Crippen LogP) is 6.13. The van der Waals surface area contributed by atoms with Crippen LogP contribution >= 0.6 is 0 Å². The molecule has 0 atom stereocenters. The number of nitrogens with one attached hydrogen (secondary N) is 1. The lowest BCUT2D eigenvalue weighted by atomic mass is 10.1. The van der Waals surface area contributed by atoms with Crippen LogP contribution in [0.25, 0.3) is 27.5 Å². The van der Waals surface area contributed by atoms with E-state index in [4.69, 9.17) is 0 Å². The first kappa shape index (κ1) is 14.6. The fraction of sp³-hybridized carbons (Fsp3) is 0. The minimum atomic E-state index is 0.916. The van der Waals surface area contributed by atoms with Gasteiger partial charge in [-0.05, 0) is 48.5 Å². The van der Waals surface area contributed by atoms with Crippen molar-refractivity contribution < 1.29 is 0 Å². The highest BCUT2D eigenvalue weighted by molar-refractivity contribution is 6.09. The van der Waals surface area contributed by atoms with Crippen molar-refractivity contribution in [3.05, 3.63) is 103 Å². The SMILES string of the molecule is c1c(Nc2ccccc2)cc2c3ccccc3n(-c3ccccc3)c2c#1. The van der Waals surface area contributed by atoms with Crippen LogP contribution in [0.1, 0.15) is 0 Å². The van der Waals surface area contributed by atoms with Gasteiger partial charge in [0, 0.05) is 22.1 Å². The highest BCUT2D eigenvalue weighted by Gasteiger charge is 2.12. The molecule has 0 spiro atoms. The van der Waals surface area contributed by atoms with E-state index in [-0.39, 0.29) is 0 Å². The fourth-order valence-corrected chi connectivity index (χ4v) is 3.43. The number of rotatable bonds is 3. The molecule has 0 aliphatic heterocycles. The van der Waals surface area contributed by atoms with Crippen molar-refractivity contribution in [1.82, 2.24) is 4.57 Å². The number of aromatic nitrogens is 1. The Morgan fingerprint density at radius 3 is 2.15 bits per heavy atom. The first-order chi connectivity index (χ1) is 12.9. The second-order valence-corrected chi connectivity index (χ2v) is 6.25. The van der Waals surface area contributed by atoms with Crippen LogP contribution in [0, 0.1) is 12.1 Å². The van der Waals surface area contributed by atoms with Gasteiger partial charge in [0.1, 0.15) is 5.52 Å². The molecule has 0 aliphatic rings. The summed E-state index contributed by atoms with van der Waals surface area (Å²) >= 11 is 0. The van der Waals surface area contributed by atoms with Gasteiger partial charge in [0.05, 0.1) is 11.2 Å². The molecular formula is C24H16N2. The van der Waals surface area contributed by atoms with E-state index in [0.717, 1.165) is 22.6 Å². The van der Waals surface area contributed by atoms with Gasteiger partial charge < -0.3 is 9.88 Å². The Bertz CT molecular complexity index is 1190. The number of nitrogens with zero attached hydrogens (tertiary/aromatic N) is 1. The zero-order chi connectivity index (χ0) is 17.3. The second kappa shape index (κ2) is 5.98. The molecule has 2 heteroatoms. The maximum atomic E-state index is 3.41. The van der Waals surface area contributed by atoms with E-state index in [1.165, 1.54) is 16.3 Å². The molecule has 0 amide bonds. The maximum Gasteiger partial charge on any atom is 0.106 e. The van der Waals surface area contributed by atoms with Crippen LogP contribution in [0.3, 0.4) is 0 Å². The Labute approximate surface area is 152 Å². The van der Waals surface area contributed by atoms with E-state index < -0.39 is 0 Å². The first-order valence-electron chi connectivity index (χ1n) is 8.65. The molecule has 4 aromatic carbocycles. The molecule has 1 aromatic heterocycles. The van der Waals surface area contributed by atoms with Crippen molar-refractivity contribution >= 4 is 33.2 Å². The molecule has 0 bridgehead atoms. The zero-order valence-corrected chi connectivity index (χ0v) is 14.1. The zero-order valence-electron chi connectivity index (χ0n) is 14.1.